The van der Waals surface area contributed by atoms with E-state index in [1.54, 1.807) is 0 Å². The highest BCUT2D eigenvalue weighted by Gasteiger charge is 2.38. The summed E-state index contributed by atoms with van der Waals surface area (Å²) >= 11 is 0. The quantitative estimate of drug-likeness (QED) is 0.846. The standard InChI is InChI=1S/C18H27NO/c1-13(2)20-18-7-4-14(5-8-18)11-19-12-17-10-15-3-6-16(17)9-15/h4-5,7-8,13,15-17,19H,3,6,9-12H2,1-2H3. The first-order valence-corrected chi connectivity index (χ1v) is 8.17. The van der Waals surface area contributed by atoms with Gasteiger partial charge in [-0.25, -0.2) is 0 Å². The Bertz CT molecular complexity index is 426. The monoisotopic (exact) mass is 273 g/mol. The van der Waals surface area contributed by atoms with Crippen LogP contribution in [0.4, 0.5) is 0 Å². The van der Waals surface area contributed by atoms with E-state index >= 15 is 0 Å². The number of ether oxygens (including phenoxy) is 1. The molecule has 2 nitrogen and oxygen atoms in total. The summed E-state index contributed by atoms with van der Waals surface area (Å²) in [5.41, 5.74) is 1.35. The van der Waals surface area contributed by atoms with Crippen molar-refractivity contribution in [1.82, 2.24) is 5.32 Å². The lowest BCUT2D eigenvalue weighted by Crippen LogP contribution is -2.26. The fourth-order valence-electron chi connectivity index (χ4n) is 3.99. The third kappa shape index (κ3) is 3.35. The van der Waals surface area contributed by atoms with Gasteiger partial charge in [0.25, 0.3) is 0 Å². The van der Waals surface area contributed by atoms with E-state index in [1.165, 1.54) is 37.8 Å². The molecule has 0 spiro atoms. The van der Waals surface area contributed by atoms with E-state index in [0.29, 0.717) is 0 Å². The van der Waals surface area contributed by atoms with Gasteiger partial charge in [0.1, 0.15) is 5.75 Å². The van der Waals surface area contributed by atoms with E-state index < -0.39 is 0 Å². The van der Waals surface area contributed by atoms with Crippen LogP contribution < -0.4 is 10.1 Å². The molecule has 1 aromatic rings. The van der Waals surface area contributed by atoms with Crippen molar-refractivity contribution in [1.29, 1.82) is 0 Å². The SMILES string of the molecule is CC(C)Oc1ccc(CNCC2CC3CCC2C3)cc1. The first-order valence-electron chi connectivity index (χ1n) is 8.17. The van der Waals surface area contributed by atoms with Crippen molar-refractivity contribution in [2.24, 2.45) is 17.8 Å². The van der Waals surface area contributed by atoms with Gasteiger partial charge in [0.15, 0.2) is 0 Å². The van der Waals surface area contributed by atoms with Crippen molar-refractivity contribution in [3.05, 3.63) is 29.8 Å². The number of rotatable bonds is 6. The highest BCUT2D eigenvalue weighted by Crippen LogP contribution is 2.47. The molecule has 0 heterocycles. The number of hydrogen-bond acceptors (Lipinski definition) is 2. The van der Waals surface area contributed by atoms with E-state index in [9.17, 15) is 0 Å². The highest BCUT2D eigenvalue weighted by atomic mass is 16.5. The lowest BCUT2D eigenvalue weighted by molar-refractivity contribution is 0.242. The summed E-state index contributed by atoms with van der Waals surface area (Å²) in [5, 5.41) is 3.65. The molecule has 0 radical (unpaired) electrons. The van der Waals surface area contributed by atoms with Gasteiger partial charge in [-0.05, 0) is 75.1 Å². The molecule has 0 saturated heterocycles. The summed E-state index contributed by atoms with van der Waals surface area (Å²) in [4.78, 5) is 0. The van der Waals surface area contributed by atoms with Crippen LogP contribution in [-0.4, -0.2) is 12.6 Å². The highest BCUT2D eigenvalue weighted by molar-refractivity contribution is 5.27. The van der Waals surface area contributed by atoms with Gasteiger partial charge >= 0.3 is 0 Å². The largest absolute Gasteiger partial charge is 0.491 e. The second kappa shape index (κ2) is 6.17. The molecular formula is C18H27NO. The predicted octanol–water partition coefficient (Wildman–Crippen LogP) is 4.00. The number of hydrogen-bond donors (Lipinski definition) is 1. The summed E-state index contributed by atoms with van der Waals surface area (Å²) in [5.74, 6) is 3.99. The number of fused-ring (bicyclic) bond motifs is 2. The molecule has 3 atom stereocenters. The van der Waals surface area contributed by atoms with Crippen LogP contribution in [0.5, 0.6) is 5.75 Å². The summed E-state index contributed by atoms with van der Waals surface area (Å²) in [7, 11) is 0. The average molecular weight is 273 g/mol. The second-order valence-electron chi connectivity index (χ2n) is 6.88. The van der Waals surface area contributed by atoms with E-state index in [-0.39, 0.29) is 6.10 Å². The minimum atomic E-state index is 0.247. The zero-order chi connectivity index (χ0) is 13.9. The summed E-state index contributed by atoms with van der Waals surface area (Å²) < 4.78 is 5.67. The fraction of sp³-hybridized carbons (Fsp3) is 0.667. The molecule has 2 heteroatoms. The third-order valence-electron chi connectivity index (χ3n) is 4.92. The van der Waals surface area contributed by atoms with Crippen LogP contribution in [0.15, 0.2) is 24.3 Å². The zero-order valence-electron chi connectivity index (χ0n) is 12.8. The molecule has 2 bridgehead atoms. The van der Waals surface area contributed by atoms with E-state index in [0.717, 1.165) is 30.0 Å². The van der Waals surface area contributed by atoms with Gasteiger partial charge in [0, 0.05) is 6.54 Å². The van der Waals surface area contributed by atoms with Gasteiger partial charge in [-0.15, -0.1) is 0 Å². The van der Waals surface area contributed by atoms with Crippen LogP contribution in [0.1, 0.15) is 45.1 Å². The summed E-state index contributed by atoms with van der Waals surface area (Å²) in [6, 6.07) is 8.50. The van der Waals surface area contributed by atoms with E-state index in [1.807, 2.05) is 0 Å². The summed E-state index contributed by atoms with van der Waals surface area (Å²) in [6.07, 6.45) is 6.21. The molecule has 2 aliphatic carbocycles. The van der Waals surface area contributed by atoms with Crippen LogP contribution in [0.3, 0.4) is 0 Å². The van der Waals surface area contributed by atoms with Crippen molar-refractivity contribution in [2.75, 3.05) is 6.54 Å². The maximum atomic E-state index is 5.67. The maximum absolute atomic E-state index is 5.67. The Morgan fingerprint density at radius 1 is 1.15 bits per heavy atom. The minimum Gasteiger partial charge on any atom is -0.491 e. The first kappa shape index (κ1) is 13.9. The Labute approximate surface area is 122 Å². The molecule has 2 aliphatic rings. The smallest absolute Gasteiger partial charge is 0.119 e. The minimum absolute atomic E-state index is 0.247. The molecule has 110 valence electrons. The van der Waals surface area contributed by atoms with E-state index in [4.69, 9.17) is 4.74 Å². The van der Waals surface area contributed by atoms with Crippen LogP contribution in [0, 0.1) is 17.8 Å². The van der Waals surface area contributed by atoms with Crippen LogP contribution >= 0.6 is 0 Å². The topological polar surface area (TPSA) is 21.3 Å². The van der Waals surface area contributed by atoms with E-state index in [2.05, 4.69) is 43.4 Å². The lowest BCUT2D eigenvalue weighted by atomic mass is 9.89. The van der Waals surface area contributed by atoms with Gasteiger partial charge in [0.05, 0.1) is 6.10 Å². The fourth-order valence-corrected chi connectivity index (χ4v) is 3.99. The van der Waals surface area contributed by atoms with Crippen molar-refractivity contribution >= 4 is 0 Å². The number of benzene rings is 1. The van der Waals surface area contributed by atoms with Crippen LogP contribution in [-0.2, 0) is 6.54 Å². The molecule has 2 fully saturated rings. The Morgan fingerprint density at radius 2 is 1.95 bits per heavy atom. The van der Waals surface area contributed by atoms with Crippen LogP contribution in [0.25, 0.3) is 0 Å². The molecule has 2 saturated carbocycles. The maximum Gasteiger partial charge on any atom is 0.119 e. The van der Waals surface area contributed by atoms with Gasteiger partial charge in [-0.3, -0.25) is 0 Å². The molecule has 0 aromatic heterocycles. The van der Waals surface area contributed by atoms with Gasteiger partial charge in [-0.2, -0.15) is 0 Å². The summed E-state index contributed by atoms with van der Waals surface area (Å²) in [6.45, 7) is 6.30. The molecular weight excluding hydrogens is 246 g/mol. The third-order valence-corrected chi connectivity index (χ3v) is 4.92. The van der Waals surface area contributed by atoms with Crippen molar-refractivity contribution < 1.29 is 4.74 Å². The van der Waals surface area contributed by atoms with Crippen LogP contribution in [0.2, 0.25) is 0 Å². The molecule has 3 rings (SSSR count). The molecule has 1 aromatic carbocycles. The Hall–Kier alpha value is -1.02. The Balaban J connectivity index is 1.42. The van der Waals surface area contributed by atoms with Gasteiger partial charge < -0.3 is 10.1 Å². The number of nitrogens with one attached hydrogen (secondary N) is 1. The second-order valence-corrected chi connectivity index (χ2v) is 6.88. The normalized spacial score (nSPS) is 28.2. The van der Waals surface area contributed by atoms with Crippen molar-refractivity contribution in [3.8, 4) is 5.75 Å². The zero-order valence-corrected chi connectivity index (χ0v) is 12.8. The molecule has 1 N–H and O–H groups in total. The molecule has 3 unspecified atom stereocenters. The van der Waals surface area contributed by atoms with Crippen molar-refractivity contribution in [3.63, 3.8) is 0 Å². The average Bonchev–Trinajstić information content (AvgIpc) is 3.02. The lowest BCUT2D eigenvalue weighted by Gasteiger charge is -2.22. The Kier molecular flexibility index (Phi) is 4.30. The van der Waals surface area contributed by atoms with Gasteiger partial charge in [0.2, 0.25) is 0 Å². The molecule has 20 heavy (non-hydrogen) atoms. The predicted molar refractivity (Wildman–Crippen MR) is 82.9 cm³/mol. The van der Waals surface area contributed by atoms with Crippen molar-refractivity contribution in [2.45, 2.75) is 52.2 Å². The molecule has 0 amide bonds. The molecule has 0 aliphatic heterocycles. The first-order chi connectivity index (χ1) is 9.70. The Morgan fingerprint density at radius 3 is 2.55 bits per heavy atom. The van der Waals surface area contributed by atoms with Gasteiger partial charge in [-0.1, -0.05) is 18.6 Å².